The number of alkyl halides is 2. The van der Waals surface area contributed by atoms with Crippen molar-refractivity contribution >= 4 is 0 Å². The summed E-state index contributed by atoms with van der Waals surface area (Å²) in [5, 5.41) is 0. The molecule has 13 heavy (non-hydrogen) atoms. The predicted molar refractivity (Wildman–Crippen MR) is 50.9 cm³/mol. The second-order valence-electron chi connectivity index (χ2n) is 4.94. The van der Waals surface area contributed by atoms with Gasteiger partial charge in [0.1, 0.15) is 0 Å². The van der Waals surface area contributed by atoms with Crippen LogP contribution in [0.25, 0.3) is 0 Å². The van der Waals surface area contributed by atoms with Crippen LogP contribution in [0.2, 0.25) is 0 Å². The summed E-state index contributed by atoms with van der Waals surface area (Å²) in [5.74, 6) is -1.45. The van der Waals surface area contributed by atoms with Gasteiger partial charge in [-0.15, -0.1) is 0 Å². The van der Waals surface area contributed by atoms with Crippen molar-refractivity contribution in [2.24, 2.45) is 17.3 Å². The summed E-state index contributed by atoms with van der Waals surface area (Å²) in [5.41, 5.74) is -0.642. The molecule has 1 aliphatic rings. The van der Waals surface area contributed by atoms with E-state index in [1.165, 1.54) is 0 Å². The van der Waals surface area contributed by atoms with Crippen molar-refractivity contribution in [2.75, 3.05) is 0 Å². The van der Waals surface area contributed by atoms with E-state index >= 15 is 0 Å². The second kappa shape index (κ2) is 3.21. The lowest BCUT2D eigenvalue weighted by atomic mass is 9.84. The van der Waals surface area contributed by atoms with E-state index in [-0.39, 0.29) is 6.42 Å². The summed E-state index contributed by atoms with van der Waals surface area (Å²) < 4.78 is 26.2. The molecule has 0 heterocycles. The van der Waals surface area contributed by atoms with E-state index in [4.69, 9.17) is 0 Å². The molecule has 0 aromatic heterocycles. The zero-order chi connectivity index (χ0) is 10.3. The highest BCUT2D eigenvalue weighted by atomic mass is 19.3. The van der Waals surface area contributed by atoms with Gasteiger partial charge in [0, 0.05) is 11.8 Å². The van der Waals surface area contributed by atoms with E-state index in [9.17, 15) is 8.78 Å². The van der Waals surface area contributed by atoms with Gasteiger partial charge in [-0.1, -0.05) is 27.7 Å². The Morgan fingerprint density at radius 3 is 1.92 bits per heavy atom. The van der Waals surface area contributed by atoms with Crippen molar-refractivity contribution in [1.82, 2.24) is 0 Å². The Labute approximate surface area is 79.7 Å². The Morgan fingerprint density at radius 1 is 1.23 bits per heavy atom. The van der Waals surface area contributed by atoms with Crippen LogP contribution >= 0.6 is 0 Å². The average molecular weight is 190 g/mol. The molecule has 0 amide bonds. The van der Waals surface area contributed by atoms with E-state index < -0.39 is 11.3 Å². The van der Waals surface area contributed by atoms with Gasteiger partial charge in [-0.3, -0.25) is 0 Å². The van der Waals surface area contributed by atoms with Gasteiger partial charge < -0.3 is 0 Å². The van der Waals surface area contributed by atoms with Crippen LogP contribution in [0, 0.1) is 17.3 Å². The molecule has 2 heteroatoms. The first kappa shape index (κ1) is 10.9. The summed E-state index contributed by atoms with van der Waals surface area (Å²) >= 11 is 0. The summed E-state index contributed by atoms with van der Waals surface area (Å²) in [7, 11) is 0. The first-order chi connectivity index (χ1) is 5.84. The summed E-state index contributed by atoms with van der Waals surface area (Å²) in [4.78, 5) is 0. The molecule has 0 nitrogen and oxygen atoms in total. The molecule has 2 unspecified atom stereocenters. The first-order valence-electron chi connectivity index (χ1n) is 5.22. The highest BCUT2D eigenvalue weighted by Gasteiger charge is 2.69. The van der Waals surface area contributed by atoms with Gasteiger partial charge in [-0.05, 0) is 24.7 Å². The van der Waals surface area contributed by atoms with Crippen molar-refractivity contribution in [3.05, 3.63) is 0 Å². The molecular weight excluding hydrogens is 170 g/mol. The van der Waals surface area contributed by atoms with Crippen molar-refractivity contribution < 1.29 is 8.78 Å². The van der Waals surface area contributed by atoms with E-state index in [0.29, 0.717) is 24.7 Å². The molecule has 0 N–H and O–H groups in total. The van der Waals surface area contributed by atoms with Crippen LogP contribution < -0.4 is 0 Å². The zero-order valence-corrected chi connectivity index (χ0v) is 9.03. The molecule has 1 aliphatic carbocycles. The predicted octanol–water partition coefficient (Wildman–Crippen LogP) is 4.10. The van der Waals surface area contributed by atoms with Crippen LogP contribution in [0.1, 0.15) is 47.0 Å². The lowest BCUT2D eigenvalue weighted by Gasteiger charge is -2.22. The molecule has 0 spiro atoms. The number of hydrogen-bond acceptors (Lipinski definition) is 0. The van der Waals surface area contributed by atoms with Gasteiger partial charge in [-0.2, -0.15) is 0 Å². The van der Waals surface area contributed by atoms with E-state index in [0.717, 1.165) is 0 Å². The summed E-state index contributed by atoms with van der Waals surface area (Å²) in [6, 6.07) is 0. The lowest BCUT2D eigenvalue weighted by Crippen LogP contribution is -2.17. The molecule has 0 bridgehead atoms. The fraction of sp³-hybridized carbons (Fsp3) is 1.00. The SMILES string of the molecule is CCC1(CC(C)C(C)C)CC1(F)F. The van der Waals surface area contributed by atoms with E-state index in [2.05, 4.69) is 20.8 Å². The Hall–Kier alpha value is -0.140. The molecule has 1 fully saturated rings. The largest absolute Gasteiger partial charge is 0.254 e. The quantitative estimate of drug-likeness (QED) is 0.626. The van der Waals surface area contributed by atoms with E-state index in [1.54, 1.807) is 0 Å². The topological polar surface area (TPSA) is 0 Å². The maximum absolute atomic E-state index is 13.1. The van der Waals surface area contributed by atoms with Crippen molar-refractivity contribution in [3.63, 3.8) is 0 Å². The molecule has 0 aliphatic heterocycles. The Morgan fingerprint density at radius 2 is 1.69 bits per heavy atom. The highest BCUT2D eigenvalue weighted by Crippen LogP contribution is 2.65. The third-order valence-corrected chi connectivity index (χ3v) is 3.74. The second-order valence-corrected chi connectivity index (χ2v) is 4.94. The first-order valence-corrected chi connectivity index (χ1v) is 5.22. The Bertz CT molecular complexity index is 187. The average Bonchev–Trinajstić information content (AvgIpc) is 2.54. The van der Waals surface area contributed by atoms with Gasteiger partial charge in [0.2, 0.25) is 0 Å². The summed E-state index contributed by atoms with van der Waals surface area (Å²) in [6.45, 7) is 8.17. The number of rotatable bonds is 4. The maximum Gasteiger partial charge on any atom is 0.254 e. The Kier molecular flexibility index (Phi) is 2.70. The molecule has 0 saturated heterocycles. The normalized spacial score (nSPS) is 33.5. The smallest absolute Gasteiger partial charge is 0.206 e. The van der Waals surface area contributed by atoms with Crippen LogP contribution in [0.3, 0.4) is 0 Å². The minimum absolute atomic E-state index is 0.119. The zero-order valence-electron chi connectivity index (χ0n) is 9.03. The van der Waals surface area contributed by atoms with Gasteiger partial charge in [-0.25, -0.2) is 8.78 Å². The molecule has 0 radical (unpaired) electrons. The minimum atomic E-state index is -2.37. The van der Waals surface area contributed by atoms with Crippen LogP contribution in [0.4, 0.5) is 8.78 Å². The molecule has 0 aromatic carbocycles. The fourth-order valence-electron chi connectivity index (χ4n) is 1.98. The molecule has 1 rings (SSSR count). The fourth-order valence-corrected chi connectivity index (χ4v) is 1.98. The van der Waals surface area contributed by atoms with Crippen molar-refractivity contribution in [3.8, 4) is 0 Å². The third-order valence-electron chi connectivity index (χ3n) is 3.74. The Balaban J connectivity index is 2.53. The van der Waals surface area contributed by atoms with Crippen LogP contribution in [0.5, 0.6) is 0 Å². The van der Waals surface area contributed by atoms with Crippen LogP contribution in [-0.2, 0) is 0 Å². The standard InChI is InChI=1S/C11H20F2/c1-5-10(7-11(10,12)13)6-9(4)8(2)3/h8-9H,5-7H2,1-4H3. The van der Waals surface area contributed by atoms with Crippen LogP contribution in [0.15, 0.2) is 0 Å². The van der Waals surface area contributed by atoms with Crippen LogP contribution in [-0.4, -0.2) is 5.92 Å². The third kappa shape index (κ3) is 1.87. The number of hydrogen-bond donors (Lipinski definition) is 0. The molecular formula is C11H20F2. The van der Waals surface area contributed by atoms with E-state index in [1.807, 2.05) is 6.92 Å². The highest BCUT2D eigenvalue weighted by molar-refractivity contribution is 5.09. The van der Waals surface area contributed by atoms with Crippen molar-refractivity contribution in [2.45, 2.75) is 52.9 Å². The monoisotopic (exact) mass is 190 g/mol. The minimum Gasteiger partial charge on any atom is -0.206 e. The maximum atomic E-state index is 13.1. The number of halogens is 2. The van der Waals surface area contributed by atoms with Gasteiger partial charge >= 0.3 is 0 Å². The van der Waals surface area contributed by atoms with Gasteiger partial charge in [0.05, 0.1) is 0 Å². The molecule has 0 aromatic rings. The molecule has 78 valence electrons. The molecule has 1 saturated carbocycles. The van der Waals surface area contributed by atoms with Gasteiger partial charge in [0.15, 0.2) is 0 Å². The lowest BCUT2D eigenvalue weighted by molar-refractivity contribution is 0.0494. The summed E-state index contributed by atoms with van der Waals surface area (Å²) in [6.07, 6.45) is 1.43. The molecule has 2 atom stereocenters. The van der Waals surface area contributed by atoms with Crippen molar-refractivity contribution in [1.29, 1.82) is 0 Å². The van der Waals surface area contributed by atoms with Gasteiger partial charge in [0.25, 0.3) is 5.92 Å².